The average Bonchev–Trinajstić information content (AvgIpc) is 2.71. The molecule has 0 heterocycles. The Morgan fingerprint density at radius 2 is 2.05 bits per heavy atom. The molecule has 0 aromatic carbocycles. The van der Waals surface area contributed by atoms with E-state index in [9.17, 15) is 10.2 Å². The van der Waals surface area contributed by atoms with Crippen LogP contribution in [0.1, 0.15) is 33.6 Å². The molecule has 0 aromatic rings. The van der Waals surface area contributed by atoms with E-state index in [0.29, 0.717) is 17.9 Å². The van der Waals surface area contributed by atoms with Gasteiger partial charge in [-0.15, -0.1) is 5.57 Å². The van der Waals surface area contributed by atoms with Gasteiger partial charge >= 0.3 is 18.9 Å². The molecule has 1 unspecified atom stereocenters. The molecule has 0 radical (unpaired) electrons. The van der Waals surface area contributed by atoms with Gasteiger partial charge in [-0.1, -0.05) is 44.2 Å². The summed E-state index contributed by atoms with van der Waals surface area (Å²) in [6.45, 7) is 8.88. The van der Waals surface area contributed by atoms with Crippen molar-refractivity contribution in [2.24, 2.45) is 5.92 Å². The number of hydrogen-bond donors (Lipinski definition) is 0. The van der Waals surface area contributed by atoms with Crippen LogP contribution in [0.2, 0.25) is 0 Å². The van der Waals surface area contributed by atoms with Gasteiger partial charge in [-0.25, -0.2) is 12.2 Å². The van der Waals surface area contributed by atoms with Crippen molar-refractivity contribution < 1.29 is 23.7 Å². The van der Waals surface area contributed by atoms with Crippen molar-refractivity contribution in [3.63, 3.8) is 0 Å². The molecule has 1 rings (SSSR count). The Morgan fingerprint density at radius 1 is 1.40 bits per heavy atom. The summed E-state index contributed by atoms with van der Waals surface area (Å²) >= 11 is 0. The van der Waals surface area contributed by atoms with Gasteiger partial charge in [0, 0.05) is 0 Å². The second-order valence-electron chi connectivity index (χ2n) is 3.89. The van der Waals surface area contributed by atoms with Crippen molar-refractivity contribution in [3.05, 3.63) is 60.4 Å². The predicted molar refractivity (Wildman–Crippen MR) is 82.7 cm³/mol. The Balaban J connectivity index is 0. The second kappa shape index (κ2) is 12.9. The van der Waals surface area contributed by atoms with Crippen LogP contribution in [0.4, 0.5) is 0 Å². The fraction of sp³-hybridized carbons (Fsp3) is 0.353. The summed E-state index contributed by atoms with van der Waals surface area (Å²) in [6.07, 6.45) is 15.0. The maximum absolute atomic E-state index is 11.0. The van der Waals surface area contributed by atoms with Crippen LogP contribution in [0, 0.1) is 18.9 Å². The van der Waals surface area contributed by atoms with Crippen LogP contribution in [0.5, 0.6) is 0 Å². The van der Waals surface area contributed by atoms with Gasteiger partial charge in [0.15, 0.2) is 0 Å². The molecule has 3 heteroatoms. The van der Waals surface area contributed by atoms with E-state index in [1.807, 2.05) is 24.3 Å². The number of carbonyl (C=O) groups is 1. The van der Waals surface area contributed by atoms with E-state index in [4.69, 9.17) is 0 Å². The van der Waals surface area contributed by atoms with Crippen molar-refractivity contribution in [2.75, 3.05) is 0 Å². The zero-order valence-electron chi connectivity index (χ0n) is 13.0. The Labute approximate surface area is 135 Å². The molecule has 104 valence electrons. The first-order chi connectivity index (χ1) is 9.17. The van der Waals surface area contributed by atoms with Crippen LogP contribution in [-0.2, 0) is 4.79 Å². The molecule has 0 fully saturated rings. The van der Waals surface area contributed by atoms with E-state index in [0.717, 1.165) is 6.42 Å². The first-order valence-corrected chi connectivity index (χ1v) is 6.63. The van der Waals surface area contributed by atoms with Crippen LogP contribution in [0.15, 0.2) is 42.0 Å². The third-order valence-electron chi connectivity index (χ3n) is 2.62. The maximum atomic E-state index is 11.0. The first-order valence-electron chi connectivity index (χ1n) is 6.63. The van der Waals surface area contributed by atoms with Crippen molar-refractivity contribution in [3.8, 4) is 0 Å². The van der Waals surface area contributed by atoms with Crippen LogP contribution >= 0.6 is 0 Å². The van der Waals surface area contributed by atoms with E-state index in [2.05, 4.69) is 26.0 Å². The topological polar surface area (TPSA) is 39.4 Å². The van der Waals surface area contributed by atoms with E-state index in [1.165, 1.54) is 6.08 Å². The van der Waals surface area contributed by atoms with Crippen LogP contribution < -0.4 is 18.9 Å². The summed E-state index contributed by atoms with van der Waals surface area (Å²) in [5, 5.41) is 9.80. The van der Waals surface area contributed by atoms with Crippen molar-refractivity contribution >= 4 is 11.5 Å². The number of nitrogens with zero attached hydrogens (tertiary/aromatic N) is 1. The monoisotopic (exact) mass is 263 g/mol. The fourth-order valence-corrected chi connectivity index (χ4v) is 1.43. The summed E-state index contributed by atoms with van der Waals surface area (Å²) in [7, 11) is 0. The van der Waals surface area contributed by atoms with E-state index >= 15 is 0 Å². The second-order valence-corrected chi connectivity index (χ2v) is 3.89. The Bertz CT molecular complexity index is 417. The zero-order chi connectivity index (χ0) is 14.7. The molecular weight excluding hydrogens is 241 g/mol. The zero-order valence-corrected chi connectivity index (χ0v) is 13.0. The molecule has 1 aliphatic rings. The third-order valence-corrected chi connectivity index (χ3v) is 2.62. The first kappa shape index (κ1) is 21.2. The summed E-state index contributed by atoms with van der Waals surface area (Å²) in [5.74, 6) is 0.290. The van der Waals surface area contributed by atoms with Crippen LogP contribution in [-0.4, -0.2) is 11.5 Å². The van der Waals surface area contributed by atoms with Crippen LogP contribution in [0.3, 0.4) is 0 Å². The largest absolute Gasteiger partial charge is 1.00 e. The number of ketones is 1. The molecule has 0 aromatic heterocycles. The van der Waals surface area contributed by atoms with Gasteiger partial charge in [-0.2, -0.15) is 6.92 Å². The molecule has 0 aliphatic heterocycles. The molecule has 0 N–H and O–H groups in total. The van der Waals surface area contributed by atoms with Gasteiger partial charge in [-0.3, -0.25) is 0 Å². The minimum absolute atomic E-state index is 0. The van der Waals surface area contributed by atoms with E-state index in [1.54, 1.807) is 13.8 Å². The number of rotatable bonds is 5. The fourth-order valence-electron chi connectivity index (χ4n) is 1.43. The van der Waals surface area contributed by atoms with Gasteiger partial charge < -0.3 is 22.8 Å². The van der Waals surface area contributed by atoms with Gasteiger partial charge in [0.05, 0.1) is 5.78 Å². The molecule has 1 atom stereocenters. The van der Waals surface area contributed by atoms with Gasteiger partial charge in [0.25, 0.3) is 0 Å². The molecule has 0 saturated heterocycles. The van der Waals surface area contributed by atoms with Crippen molar-refractivity contribution in [1.29, 1.82) is 0 Å². The normalized spacial score (nSPS) is 16.6. The minimum Gasteiger partial charge on any atom is -0.904 e. The van der Waals surface area contributed by atoms with Gasteiger partial charge in [0.1, 0.15) is 0 Å². The molecule has 0 spiro atoms. The summed E-state index contributed by atoms with van der Waals surface area (Å²) in [4.78, 5) is 11.0. The van der Waals surface area contributed by atoms with Gasteiger partial charge in [-0.05, 0) is 18.8 Å². The Morgan fingerprint density at radius 3 is 2.60 bits per heavy atom. The SMILES string of the molecule is CCC(=O)[C-]=CC(=[N-])C1=CC=CC(CC)C=C1.[CH2-]C.[Li+]. The quantitative estimate of drug-likeness (QED) is 0.318. The molecule has 0 bridgehead atoms. The molecule has 0 amide bonds. The summed E-state index contributed by atoms with van der Waals surface area (Å²) < 4.78 is 0. The number of hydrogen-bond acceptors (Lipinski definition) is 1. The van der Waals surface area contributed by atoms with Crippen LogP contribution in [0.25, 0.3) is 5.41 Å². The average molecular weight is 263 g/mol. The minimum atomic E-state index is -0.114. The predicted octanol–water partition coefficient (Wildman–Crippen LogP) is 1.26. The molecule has 20 heavy (non-hydrogen) atoms. The van der Waals surface area contributed by atoms with Crippen molar-refractivity contribution in [1.82, 2.24) is 0 Å². The Kier molecular flexibility index (Phi) is 13.7. The number of carbonyl (C=O) groups excluding carboxylic acids is 1. The maximum Gasteiger partial charge on any atom is 1.00 e. The number of allylic oxidation sites excluding steroid dienone is 8. The molecule has 0 saturated carbocycles. The number of Topliss-reactive ketones (excluding diaryl/α,β-unsaturated/α-hetero) is 1. The summed E-state index contributed by atoms with van der Waals surface area (Å²) in [5.41, 5.74) is 0.776. The third kappa shape index (κ3) is 8.15. The van der Waals surface area contributed by atoms with E-state index < -0.39 is 0 Å². The smallest absolute Gasteiger partial charge is 0.904 e. The van der Waals surface area contributed by atoms with Crippen molar-refractivity contribution in [2.45, 2.75) is 33.6 Å². The molecule has 2 nitrogen and oxygen atoms in total. The van der Waals surface area contributed by atoms with Gasteiger partial charge in [0.2, 0.25) is 0 Å². The Hall–Kier alpha value is -1.10. The molecule has 1 aliphatic carbocycles. The van der Waals surface area contributed by atoms with E-state index in [-0.39, 0.29) is 30.4 Å². The summed E-state index contributed by atoms with van der Waals surface area (Å²) in [6, 6.07) is 0. The molecular formula is C17H22LiNO-2. The standard InChI is InChI=1S/C15H17NO.C2H5.Li/c1-3-12-6-5-7-13(9-8-12)15(16)11-10-14(17)4-2;1-2;/h5-9,11-12H,3-4H2,1-2H3;1H2,2H3;/q-2;-1;+1.